The van der Waals surface area contributed by atoms with Gasteiger partial charge in [0.2, 0.25) is 0 Å². The second-order valence-corrected chi connectivity index (χ2v) is 4.96. The van der Waals surface area contributed by atoms with Crippen molar-refractivity contribution in [3.63, 3.8) is 0 Å². The Morgan fingerprint density at radius 1 is 1.39 bits per heavy atom. The van der Waals surface area contributed by atoms with Gasteiger partial charge in [-0.05, 0) is 55.5 Å². The van der Waals surface area contributed by atoms with Crippen molar-refractivity contribution >= 4 is 0 Å². The molecule has 1 aromatic carbocycles. The smallest absolute Gasteiger partial charge is 0.387 e. The summed E-state index contributed by atoms with van der Waals surface area (Å²) in [6.07, 6.45) is 3.17. The quantitative estimate of drug-likeness (QED) is 0.834. The summed E-state index contributed by atoms with van der Waals surface area (Å²) in [6.45, 7) is -0.534. The molecular weight excluding hydrogens is 236 g/mol. The van der Waals surface area contributed by atoms with E-state index >= 15 is 0 Å². The molecule has 0 radical (unpaired) electrons. The highest BCUT2D eigenvalue weighted by molar-refractivity contribution is 5.38. The van der Waals surface area contributed by atoms with Crippen molar-refractivity contribution in [2.24, 2.45) is 5.92 Å². The number of hydrogen-bond acceptors (Lipinski definition) is 2. The van der Waals surface area contributed by atoms with Crippen LogP contribution < -0.4 is 10.1 Å². The number of aryl methyl sites for hydroxylation is 1. The maximum Gasteiger partial charge on any atom is 0.387 e. The van der Waals surface area contributed by atoms with Gasteiger partial charge in [-0.15, -0.1) is 0 Å². The fourth-order valence-corrected chi connectivity index (χ4v) is 2.62. The molecule has 0 aliphatic heterocycles. The fraction of sp³-hybridized carbons (Fsp3) is 0.571. The number of ether oxygens (including phenoxy) is 1. The molecule has 0 fully saturated rings. The molecule has 0 spiro atoms. The molecule has 2 rings (SSSR count). The van der Waals surface area contributed by atoms with Crippen molar-refractivity contribution in [1.29, 1.82) is 0 Å². The third-order valence-electron chi connectivity index (χ3n) is 3.61. The van der Waals surface area contributed by atoms with Crippen LogP contribution in [0.3, 0.4) is 0 Å². The van der Waals surface area contributed by atoms with E-state index in [-0.39, 0.29) is 11.8 Å². The van der Waals surface area contributed by atoms with Crippen molar-refractivity contribution in [2.45, 2.75) is 38.8 Å². The summed E-state index contributed by atoms with van der Waals surface area (Å²) in [5.41, 5.74) is 2.33. The number of rotatable bonds is 3. The minimum Gasteiger partial charge on any atom is -0.435 e. The van der Waals surface area contributed by atoms with E-state index in [0.717, 1.165) is 24.8 Å². The number of benzene rings is 1. The molecule has 0 heterocycles. The Balaban J connectivity index is 2.30. The summed E-state index contributed by atoms with van der Waals surface area (Å²) < 4.78 is 29.0. The highest BCUT2D eigenvalue weighted by Gasteiger charge is 2.22. The summed E-state index contributed by atoms with van der Waals surface area (Å²) >= 11 is 0. The van der Waals surface area contributed by atoms with Crippen LogP contribution in [0.1, 0.15) is 36.9 Å². The summed E-state index contributed by atoms with van der Waals surface area (Å²) in [4.78, 5) is 0. The molecule has 1 N–H and O–H groups in total. The van der Waals surface area contributed by atoms with E-state index in [0.29, 0.717) is 5.92 Å². The molecule has 1 aliphatic rings. The number of hydrogen-bond donors (Lipinski definition) is 1. The predicted molar refractivity (Wildman–Crippen MR) is 67.0 cm³/mol. The maximum absolute atomic E-state index is 12.2. The first-order valence-corrected chi connectivity index (χ1v) is 6.35. The maximum atomic E-state index is 12.2. The average molecular weight is 255 g/mol. The van der Waals surface area contributed by atoms with Gasteiger partial charge in [0.05, 0.1) is 0 Å². The Labute approximate surface area is 106 Å². The first-order chi connectivity index (χ1) is 8.60. The minimum absolute atomic E-state index is 0.221. The fourth-order valence-electron chi connectivity index (χ4n) is 2.62. The van der Waals surface area contributed by atoms with Crippen LogP contribution in [0.15, 0.2) is 18.2 Å². The van der Waals surface area contributed by atoms with Gasteiger partial charge in [-0.3, -0.25) is 0 Å². The lowest BCUT2D eigenvalue weighted by Crippen LogP contribution is -2.18. The lowest BCUT2D eigenvalue weighted by atomic mass is 9.97. The van der Waals surface area contributed by atoms with E-state index < -0.39 is 6.61 Å². The Morgan fingerprint density at radius 3 is 2.83 bits per heavy atom. The molecule has 4 heteroatoms. The molecule has 100 valence electrons. The van der Waals surface area contributed by atoms with Gasteiger partial charge >= 0.3 is 6.61 Å². The topological polar surface area (TPSA) is 21.3 Å². The standard InChI is InChI=1S/C14H19F2NO/c1-9-3-4-10-5-6-11(18-14(15)16)8-12(10)13(7-9)17-2/h5-6,8-9,13-14,17H,3-4,7H2,1-2H3. The molecule has 2 nitrogen and oxygen atoms in total. The molecule has 2 unspecified atom stereocenters. The highest BCUT2D eigenvalue weighted by Crippen LogP contribution is 2.34. The van der Waals surface area contributed by atoms with Crippen LogP contribution >= 0.6 is 0 Å². The van der Waals surface area contributed by atoms with E-state index in [1.807, 2.05) is 13.1 Å². The molecule has 0 bridgehead atoms. The van der Waals surface area contributed by atoms with Crippen molar-refractivity contribution in [1.82, 2.24) is 5.32 Å². The number of alkyl halides is 2. The first kappa shape index (κ1) is 13.3. The van der Waals surface area contributed by atoms with Crippen LogP contribution in [0.2, 0.25) is 0 Å². The van der Waals surface area contributed by atoms with Gasteiger partial charge in [-0.2, -0.15) is 8.78 Å². The van der Waals surface area contributed by atoms with Crippen LogP contribution in [-0.4, -0.2) is 13.7 Å². The Bertz CT molecular complexity index is 409. The molecule has 0 saturated heterocycles. The Hall–Kier alpha value is -1.16. The average Bonchev–Trinajstić information content (AvgIpc) is 2.48. The third-order valence-corrected chi connectivity index (χ3v) is 3.61. The van der Waals surface area contributed by atoms with E-state index in [1.54, 1.807) is 12.1 Å². The van der Waals surface area contributed by atoms with Crippen molar-refractivity contribution < 1.29 is 13.5 Å². The van der Waals surface area contributed by atoms with Crippen molar-refractivity contribution in [3.05, 3.63) is 29.3 Å². The molecule has 1 aromatic rings. The molecule has 0 saturated carbocycles. The number of fused-ring (bicyclic) bond motifs is 1. The van der Waals surface area contributed by atoms with Gasteiger partial charge in [0, 0.05) is 6.04 Å². The van der Waals surface area contributed by atoms with Gasteiger partial charge < -0.3 is 10.1 Å². The monoisotopic (exact) mass is 255 g/mol. The molecule has 0 aromatic heterocycles. The van der Waals surface area contributed by atoms with Crippen molar-refractivity contribution in [2.75, 3.05) is 7.05 Å². The number of nitrogens with one attached hydrogen (secondary N) is 1. The first-order valence-electron chi connectivity index (χ1n) is 6.35. The third kappa shape index (κ3) is 2.99. The van der Waals surface area contributed by atoms with E-state index in [1.165, 1.54) is 5.56 Å². The van der Waals surface area contributed by atoms with Crippen LogP contribution in [0, 0.1) is 5.92 Å². The van der Waals surface area contributed by atoms with E-state index in [2.05, 4.69) is 17.0 Å². The summed E-state index contributed by atoms with van der Waals surface area (Å²) in [7, 11) is 1.91. The molecular formula is C14H19F2NO. The van der Waals surface area contributed by atoms with Gasteiger partial charge in [-0.25, -0.2) is 0 Å². The van der Waals surface area contributed by atoms with Crippen LogP contribution in [0.4, 0.5) is 8.78 Å². The molecule has 18 heavy (non-hydrogen) atoms. The van der Waals surface area contributed by atoms with E-state index in [4.69, 9.17) is 0 Å². The van der Waals surface area contributed by atoms with E-state index in [9.17, 15) is 8.78 Å². The lowest BCUT2D eigenvalue weighted by Gasteiger charge is -2.19. The van der Waals surface area contributed by atoms with Gasteiger partial charge in [0.15, 0.2) is 0 Å². The minimum atomic E-state index is -2.76. The Kier molecular flexibility index (Phi) is 4.17. The molecule has 1 aliphatic carbocycles. The van der Waals surface area contributed by atoms with Crippen LogP contribution in [0.25, 0.3) is 0 Å². The van der Waals surface area contributed by atoms with Crippen LogP contribution in [-0.2, 0) is 6.42 Å². The normalized spacial score (nSPS) is 23.6. The zero-order valence-electron chi connectivity index (χ0n) is 10.7. The predicted octanol–water partition coefficient (Wildman–Crippen LogP) is 3.52. The summed E-state index contributed by atoms with van der Waals surface area (Å²) in [5.74, 6) is 0.882. The van der Waals surface area contributed by atoms with Gasteiger partial charge in [0.1, 0.15) is 5.75 Å². The Morgan fingerprint density at radius 2 is 2.17 bits per heavy atom. The number of halogens is 2. The molecule has 0 amide bonds. The zero-order valence-corrected chi connectivity index (χ0v) is 10.7. The second kappa shape index (κ2) is 5.65. The molecule has 2 atom stereocenters. The lowest BCUT2D eigenvalue weighted by molar-refractivity contribution is -0.0499. The van der Waals surface area contributed by atoms with Crippen LogP contribution in [0.5, 0.6) is 5.75 Å². The summed E-state index contributed by atoms with van der Waals surface area (Å²) in [5, 5.41) is 3.27. The van der Waals surface area contributed by atoms with Gasteiger partial charge in [-0.1, -0.05) is 13.0 Å². The summed E-state index contributed by atoms with van der Waals surface area (Å²) in [6, 6.07) is 5.52. The largest absolute Gasteiger partial charge is 0.435 e. The second-order valence-electron chi connectivity index (χ2n) is 4.96. The highest BCUT2D eigenvalue weighted by atomic mass is 19.3. The SMILES string of the molecule is CNC1CC(C)CCc2ccc(OC(F)F)cc21. The van der Waals surface area contributed by atoms with Gasteiger partial charge in [0.25, 0.3) is 0 Å². The zero-order chi connectivity index (χ0) is 13.1. The van der Waals surface area contributed by atoms with Crippen molar-refractivity contribution in [3.8, 4) is 5.75 Å².